The Kier molecular flexibility index (Phi) is 6.08. The van der Waals surface area contributed by atoms with Gasteiger partial charge in [-0.2, -0.15) is 0 Å². The fraction of sp³-hybridized carbons (Fsp3) is 0.538. The summed E-state index contributed by atoms with van der Waals surface area (Å²) in [5.74, 6) is 0. The van der Waals surface area contributed by atoms with Crippen LogP contribution in [0.5, 0.6) is 0 Å². The molecule has 1 aromatic carbocycles. The first-order valence-electron chi connectivity index (χ1n) is 5.62. The molecule has 3 heteroatoms. The van der Waals surface area contributed by atoms with Crippen LogP contribution in [0.25, 0.3) is 0 Å². The van der Waals surface area contributed by atoms with Crippen LogP contribution in [0.2, 0.25) is 0 Å². The van der Waals surface area contributed by atoms with Gasteiger partial charge in [-0.15, -0.1) is 0 Å². The van der Waals surface area contributed by atoms with E-state index in [1.165, 1.54) is 0 Å². The fourth-order valence-corrected chi connectivity index (χ4v) is 1.48. The van der Waals surface area contributed by atoms with Gasteiger partial charge in [-0.3, -0.25) is 0 Å². The van der Waals surface area contributed by atoms with Crippen LogP contribution in [-0.4, -0.2) is 20.3 Å². The van der Waals surface area contributed by atoms with Crippen molar-refractivity contribution >= 4 is 0 Å². The number of rotatable bonds is 7. The van der Waals surface area contributed by atoms with Crippen molar-refractivity contribution in [3.63, 3.8) is 0 Å². The molecule has 0 aliphatic heterocycles. The minimum atomic E-state index is -0.258. The largest absolute Gasteiger partial charge is 0.380 e. The zero-order chi connectivity index (χ0) is 11.8. The first-order chi connectivity index (χ1) is 7.81. The van der Waals surface area contributed by atoms with Crippen LogP contribution in [0.3, 0.4) is 0 Å². The normalized spacial score (nSPS) is 11.0. The average Bonchev–Trinajstić information content (AvgIpc) is 2.30. The predicted octanol–water partition coefficient (Wildman–Crippen LogP) is 2.90. The predicted molar refractivity (Wildman–Crippen MR) is 63.1 cm³/mol. The van der Waals surface area contributed by atoms with E-state index in [9.17, 15) is 0 Å². The van der Waals surface area contributed by atoms with Crippen molar-refractivity contribution in [3.05, 3.63) is 35.4 Å². The van der Waals surface area contributed by atoms with E-state index in [0.29, 0.717) is 19.8 Å². The summed E-state index contributed by atoms with van der Waals surface area (Å²) in [5, 5.41) is 0. The first kappa shape index (κ1) is 13.2. The standard InChI is InChI=1S/C13H20O3/c1-4-15-13(16-5-2)12-8-6-11(7-9-12)10-14-3/h6-9,13H,4-5,10H2,1-3H3. The zero-order valence-electron chi connectivity index (χ0n) is 10.2. The van der Waals surface area contributed by atoms with Gasteiger partial charge in [-0.05, 0) is 19.4 Å². The lowest BCUT2D eigenvalue weighted by Crippen LogP contribution is -2.08. The van der Waals surface area contributed by atoms with Crippen molar-refractivity contribution in [3.8, 4) is 0 Å². The molecule has 0 aromatic heterocycles. The third-order valence-corrected chi connectivity index (χ3v) is 2.20. The summed E-state index contributed by atoms with van der Waals surface area (Å²) < 4.78 is 16.1. The highest BCUT2D eigenvalue weighted by molar-refractivity contribution is 5.23. The number of benzene rings is 1. The monoisotopic (exact) mass is 224 g/mol. The Morgan fingerprint density at radius 3 is 2.00 bits per heavy atom. The van der Waals surface area contributed by atoms with Gasteiger partial charge in [0, 0.05) is 25.9 Å². The summed E-state index contributed by atoms with van der Waals surface area (Å²) in [6.07, 6.45) is -0.258. The molecule has 0 spiro atoms. The third kappa shape index (κ3) is 3.93. The van der Waals surface area contributed by atoms with Crippen LogP contribution >= 0.6 is 0 Å². The molecule has 0 aliphatic rings. The maximum atomic E-state index is 5.51. The van der Waals surface area contributed by atoms with Gasteiger partial charge in [-0.25, -0.2) is 0 Å². The molecule has 90 valence electrons. The summed E-state index contributed by atoms with van der Waals surface area (Å²) >= 11 is 0. The molecule has 0 bridgehead atoms. The summed E-state index contributed by atoms with van der Waals surface area (Å²) in [7, 11) is 1.69. The second kappa shape index (κ2) is 7.39. The molecule has 0 saturated heterocycles. The van der Waals surface area contributed by atoms with E-state index in [1.54, 1.807) is 7.11 Å². The molecule has 0 unspecified atom stereocenters. The molecule has 0 heterocycles. The van der Waals surface area contributed by atoms with Gasteiger partial charge < -0.3 is 14.2 Å². The van der Waals surface area contributed by atoms with E-state index in [1.807, 2.05) is 38.1 Å². The van der Waals surface area contributed by atoms with E-state index in [4.69, 9.17) is 14.2 Å². The van der Waals surface area contributed by atoms with Crippen LogP contribution < -0.4 is 0 Å². The van der Waals surface area contributed by atoms with Crippen molar-refractivity contribution in [2.75, 3.05) is 20.3 Å². The van der Waals surface area contributed by atoms with Crippen LogP contribution in [0.15, 0.2) is 24.3 Å². The highest BCUT2D eigenvalue weighted by Crippen LogP contribution is 2.19. The summed E-state index contributed by atoms with van der Waals surface area (Å²) in [4.78, 5) is 0. The lowest BCUT2D eigenvalue weighted by molar-refractivity contribution is -0.140. The van der Waals surface area contributed by atoms with Crippen molar-refractivity contribution in [2.24, 2.45) is 0 Å². The molecule has 0 N–H and O–H groups in total. The van der Waals surface area contributed by atoms with E-state index in [0.717, 1.165) is 11.1 Å². The Bertz CT molecular complexity index is 276. The van der Waals surface area contributed by atoms with E-state index in [-0.39, 0.29) is 6.29 Å². The van der Waals surface area contributed by atoms with Gasteiger partial charge >= 0.3 is 0 Å². The van der Waals surface area contributed by atoms with Crippen molar-refractivity contribution < 1.29 is 14.2 Å². The molecule has 1 aromatic rings. The molecule has 3 nitrogen and oxygen atoms in total. The molecular formula is C13H20O3. The molecule has 16 heavy (non-hydrogen) atoms. The molecule has 1 rings (SSSR count). The minimum absolute atomic E-state index is 0.258. The minimum Gasteiger partial charge on any atom is -0.380 e. The SMILES string of the molecule is CCOC(OCC)c1ccc(COC)cc1. The molecule has 0 saturated carbocycles. The van der Waals surface area contributed by atoms with Crippen LogP contribution in [0.4, 0.5) is 0 Å². The van der Waals surface area contributed by atoms with Crippen LogP contribution in [-0.2, 0) is 20.8 Å². The van der Waals surface area contributed by atoms with Crippen molar-refractivity contribution in [1.29, 1.82) is 0 Å². The number of hydrogen-bond donors (Lipinski definition) is 0. The van der Waals surface area contributed by atoms with Crippen molar-refractivity contribution in [2.45, 2.75) is 26.7 Å². The van der Waals surface area contributed by atoms with Gasteiger partial charge in [0.25, 0.3) is 0 Å². The summed E-state index contributed by atoms with van der Waals surface area (Å²) in [5.41, 5.74) is 2.20. The van der Waals surface area contributed by atoms with E-state index < -0.39 is 0 Å². The van der Waals surface area contributed by atoms with Gasteiger partial charge in [-0.1, -0.05) is 24.3 Å². The molecular weight excluding hydrogens is 204 g/mol. The third-order valence-electron chi connectivity index (χ3n) is 2.20. The van der Waals surface area contributed by atoms with Crippen LogP contribution in [0.1, 0.15) is 31.3 Å². The molecule has 0 radical (unpaired) electrons. The van der Waals surface area contributed by atoms with E-state index in [2.05, 4.69) is 0 Å². The second-order valence-electron chi connectivity index (χ2n) is 3.42. The van der Waals surface area contributed by atoms with E-state index >= 15 is 0 Å². The molecule has 0 amide bonds. The smallest absolute Gasteiger partial charge is 0.183 e. The Morgan fingerprint density at radius 2 is 1.56 bits per heavy atom. The highest BCUT2D eigenvalue weighted by atomic mass is 16.7. The number of ether oxygens (including phenoxy) is 3. The fourth-order valence-electron chi connectivity index (χ4n) is 1.48. The number of hydrogen-bond acceptors (Lipinski definition) is 3. The van der Waals surface area contributed by atoms with Crippen molar-refractivity contribution in [1.82, 2.24) is 0 Å². The Morgan fingerprint density at radius 1 is 1.00 bits per heavy atom. The quantitative estimate of drug-likeness (QED) is 0.666. The Balaban J connectivity index is 2.68. The first-order valence-corrected chi connectivity index (χ1v) is 5.62. The van der Waals surface area contributed by atoms with Gasteiger partial charge in [0.2, 0.25) is 0 Å². The zero-order valence-corrected chi connectivity index (χ0v) is 10.2. The lowest BCUT2D eigenvalue weighted by Gasteiger charge is -2.17. The maximum absolute atomic E-state index is 5.51. The molecule has 0 aliphatic carbocycles. The summed E-state index contributed by atoms with van der Waals surface area (Å²) in [6.45, 7) is 5.85. The Hall–Kier alpha value is -0.900. The highest BCUT2D eigenvalue weighted by Gasteiger charge is 2.10. The lowest BCUT2D eigenvalue weighted by atomic mass is 10.1. The Labute approximate surface area is 97.3 Å². The molecule has 0 fully saturated rings. The molecule has 0 atom stereocenters. The average molecular weight is 224 g/mol. The van der Waals surface area contributed by atoms with Gasteiger partial charge in [0.05, 0.1) is 6.61 Å². The van der Waals surface area contributed by atoms with Gasteiger partial charge in [0.15, 0.2) is 6.29 Å². The van der Waals surface area contributed by atoms with Gasteiger partial charge in [0.1, 0.15) is 0 Å². The second-order valence-corrected chi connectivity index (χ2v) is 3.42. The topological polar surface area (TPSA) is 27.7 Å². The number of methoxy groups -OCH3 is 1. The van der Waals surface area contributed by atoms with Crippen LogP contribution in [0, 0.1) is 0 Å². The summed E-state index contributed by atoms with van der Waals surface area (Å²) in [6, 6.07) is 8.10. The maximum Gasteiger partial charge on any atom is 0.183 e.